The van der Waals surface area contributed by atoms with Gasteiger partial charge in [0.05, 0.1) is 12.1 Å². The normalized spacial score (nSPS) is 10.3. The summed E-state index contributed by atoms with van der Waals surface area (Å²) in [6, 6.07) is 0. The van der Waals surface area contributed by atoms with E-state index < -0.39 is 5.97 Å². The molecule has 0 bridgehead atoms. The van der Waals surface area contributed by atoms with E-state index in [1.54, 1.807) is 0 Å². The molecule has 5 nitrogen and oxygen atoms in total. The first-order valence-electron chi connectivity index (χ1n) is 4.17. The Kier molecular flexibility index (Phi) is 2.51. The predicted octanol–water partition coefficient (Wildman–Crippen LogP) is 1.89. The van der Waals surface area contributed by atoms with Gasteiger partial charge in [-0.3, -0.25) is 0 Å². The molecule has 2 heterocycles. The summed E-state index contributed by atoms with van der Waals surface area (Å²) >= 11 is 1.50. The summed E-state index contributed by atoms with van der Waals surface area (Å²) in [5.74, 6) is -0.184. The van der Waals surface area contributed by atoms with Gasteiger partial charge in [-0.1, -0.05) is 0 Å². The number of oxazole rings is 1. The first kappa shape index (κ1) is 9.85. The van der Waals surface area contributed by atoms with Crippen LogP contribution < -0.4 is 0 Å². The average Bonchev–Trinajstić information content (AvgIpc) is 2.84. The molecule has 0 N–H and O–H groups in total. The van der Waals surface area contributed by atoms with Crippen LogP contribution >= 0.6 is 11.3 Å². The van der Waals surface area contributed by atoms with Crippen molar-refractivity contribution in [2.75, 3.05) is 7.11 Å². The molecule has 78 valence electrons. The minimum atomic E-state index is -0.517. The van der Waals surface area contributed by atoms with Crippen LogP contribution in [0.25, 0.3) is 11.6 Å². The van der Waals surface area contributed by atoms with Crippen molar-refractivity contribution in [2.45, 2.75) is 6.92 Å². The quantitative estimate of drug-likeness (QED) is 0.729. The summed E-state index contributed by atoms with van der Waals surface area (Å²) < 4.78 is 9.63. The zero-order chi connectivity index (χ0) is 10.8. The largest absolute Gasteiger partial charge is 0.464 e. The van der Waals surface area contributed by atoms with Crippen LogP contribution in [0, 0.1) is 6.92 Å². The fraction of sp³-hybridized carbons (Fsp3) is 0.222. The van der Waals surface area contributed by atoms with Crippen molar-refractivity contribution in [3.63, 3.8) is 0 Å². The molecular weight excluding hydrogens is 216 g/mol. The van der Waals surface area contributed by atoms with Gasteiger partial charge < -0.3 is 9.15 Å². The first-order chi connectivity index (χ1) is 7.20. The van der Waals surface area contributed by atoms with E-state index in [2.05, 4.69) is 14.7 Å². The maximum atomic E-state index is 11.1. The number of thiazole rings is 1. The van der Waals surface area contributed by atoms with Crippen molar-refractivity contribution in [1.29, 1.82) is 0 Å². The van der Waals surface area contributed by atoms with Crippen LogP contribution in [0.3, 0.4) is 0 Å². The number of aromatic nitrogens is 2. The van der Waals surface area contributed by atoms with E-state index in [-0.39, 0.29) is 5.69 Å². The van der Waals surface area contributed by atoms with E-state index >= 15 is 0 Å². The molecule has 2 aromatic rings. The number of carbonyl (C=O) groups is 1. The number of hydrogen-bond acceptors (Lipinski definition) is 6. The summed E-state index contributed by atoms with van der Waals surface area (Å²) in [6.45, 7) is 1.89. The molecule has 2 rings (SSSR count). The minimum Gasteiger partial charge on any atom is -0.464 e. The number of hydrogen-bond donors (Lipinski definition) is 0. The number of methoxy groups -OCH3 is 1. The molecule has 6 heteroatoms. The number of esters is 1. The van der Waals surface area contributed by atoms with Gasteiger partial charge in [0, 0.05) is 5.38 Å². The van der Waals surface area contributed by atoms with Crippen LogP contribution in [0.2, 0.25) is 0 Å². The molecule has 0 spiro atoms. The van der Waals surface area contributed by atoms with Gasteiger partial charge in [-0.2, -0.15) is 0 Å². The zero-order valence-electron chi connectivity index (χ0n) is 8.18. The van der Waals surface area contributed by atoms with E-state index in [1.165, 1.54) is 24.7 Å². The topological polar surface area (TPSA) is 65.2 Å². The molecule has 0 fully saturated rings. The average molecular weight is 224 g/mol. The Morgan fingerprint density at radius 3 is 2.93 bits per heavy atom. The predicted molar refractivity (Wildman–Crippen MR) is 53.7 cm³/mol. The Bertz CT molecular complexity index is 489. The summed E-state index contributed by atoms with van der Waals surface area (Å²) in [7, 11) is 1.30. The summed E-state index contributed by atoms with van der Waals surface area (Å²) in [6.07, 6.45) is 1.26. The fourth-order valence-electron chi connectivity index (χ4n) is 1.05. The molecule has 0 radical (unpaired) electrons. The Labute approximate surface area is 89.7 Å². The Balaban J connectivity index is 2.31. The third kappa shape index (κ3) is 1.89. The Hall–Kier alpha value is -1.69. The van der Waals surface area contributed by atoms with E-state index in [0.29, 0.717) is 11.6 Å². The zero-order valence-corrected chi connectivity index (χ0v) is 9.00. The highest BCUT2D eigenvalue weighted by molar-refractivity contribution is 7.09. The first-order valence-corrected chi connectivity index (χ1v) is 5.05. The van der Waals surface area contributed by atoms with Crippen molar-refractivity contribution in [1.82, 2.24) is 9.97 Å². The second kappa shape index (κ2) is 3.82. The summed E-state index contributed by atoms with van der Waals surface area (Å²) in [4.78, 5) is 19.3. The monoisotopic (exact) mass is 224 g/mol. The number of aryl methyl sites for hydroxylation is 1. The third-order valence-corrected chi connectivity index (χ3v) is 2.51. The van der Waals surface area contributed by atoms with E-state index in [9.17, 15) is 4.79 Å². The molecule has 15 heavy (non-hydrogen) atoms. The molecule has 0 unspecified atom stereocenters. The molecule has 0 aliphatic carbocycles. The smallest absolute Gasteiger partial charge is 0.360 e. The van der Waals surface area contributed by atoms with Crippen LogP contribution in [0.4, 0.5) is 0 Å². The molecule has 2 aromatic heterocycles. The van der Waals surface area contributed by atoms with E-state index in [4.69, 9.17) is 4.42 Å². The van der Waals surface area contributed by atoms with Crippen LogP contribution in [0.15, 0.2) is 16.1 Å². The van der Waals surface area contributed by atoms with Gasteiger partial charge in [0.2, 0.25) is 5.89 Å². The second-order valence-electron chi connectivity index (χ2n) is 2.78. The lowest BCUT2D eigenvalue weighted by Gasteiger charge is -1.89. The maximum Gasteiger partial charge on any atom is 0.360 e. The van der Waals surface area contributed by atoms with Gasteiger partial charge in [-0.15, -0.1) is 11.3 Å². The molecule has 0 saturated heterocycles. The molecule has 0 aliphatic heterocycles. The lowest BCUT2D eigenvalue weighted by Crippen LogP contribution is -2.00. The van der Waals surface area contributed by atoms with Crippen molar-refractivity contribution in [3.05, 3.63) is 22.3 Å². The molecule has 0 aliphatic rings. The molecule has 0 aromatic carbocycles. The van der Waals surface area contributed by atoms with Gasteiger partial charge in [0.15, 0.2) is 5.69 Å². The number of nitrogens with zero attached hydrogens (tertiary/aromatic N) is 2. The highest BCUT2D eigenvalue weighted by atomic mass is 32.1. The molecule has 0 saturated carbocycles. The second-order valence-corrected chi connectivity index (χ2v) is 3.84. The maximum absolute atomic E-state index is 11.1. The summed E-state index contributed by atoms with van der Waals surface area (Å²) in [5.41, 5.74) is 0.783. The van der Waals surface area contributed by atoms with Crippen LogP contribution in [0.5, 0.6) is 0 Å². The van der Waals surface area contributed by atoms with Gasteiger partial charge in [0.1, 0.15) is 12.0 Å². The Morgan fingerprint density at radius 1 is 1.53 bits per heavy atom. The van der Waals surface area contributed by atoms with Crippen molar-refractivity contribution >= 4 is 17.3 Å². The fourth-order valence-corrected chi connectivity index (χ4v) is 1.64. The molecule has 0 atom stereocenters. The molecular formula is C9H8N2O3S. The van der Waals surface area contributed by atoms with Gasteiger partial charge >= 0.3 is 5.97 Å². The highest BCUT2D eigenvalue weighted by Crippen LogP contribution is 2.20. The number of rotatable bonds is 2. The summed E-state index contributed by atoms with van der Waals surface area (Å²) in [5, 5.41) is 2.74. The van der Waals surface area contributed by atoms with Crippen LogP contribution in [0.1, 0.15) is 15.5 Å². The Morgan fingerprint density at radius 2 is 2.33 bits per heavy atom. The van der Waals surface area contributed by atoms with Crippen molar-refractivity contribution < 1.29 is 13.9 Å². The minimum absolute atomic E-state index is 0.151. The standard InChI is InChI=1S/C9H8N2O3S/c1-5-10-7(4-15-5)8-11-6(3-14-8)9(12)13-2/h3-4H,1-2H3. The van der Waals surface area contributed by atoms with Crippen LogP contribution in [-0.2, 0) is 4.74 Å². The van der Waals surface area contributed by atoms with E-state index in [1.807, 2.05) is 12.3 Å². The van der Waals surface area contributed by atoms with Gasteiger partial charge in [0.25, 0.3) is 0 Å². The SMILES string of the molecule is COC(=O)c1coc(-c2csc(C)n2)n1. The third-order valence-electron chi connectivity index (χ3n) is 1.74. The van der Waals surface area contributed by atoms with Crippen LogP contribution in [-0.4, -0.2) is 23.0 Å². The van der Waals surface area contributed by atoms with Crippen molar-refractivity contribution in [2.24, 2.45) is 0 Å². The lowest BCUT2D eigenvalue weighted by atomic mass is 10.5. The number of ether oxygens (including phenoxy) is 1. The molecule has 0 amide bonds. The number of carbonyl (C=O) groups excluding carboxylic acids is 1. The lowest BCUT2D eigenvalue weighted by molar-refractivity contribution is 0.0594. The van der Waals surface area contributed by atoms with E-state index in [0.717, 1.165) is 5.01 Å². The highest BCUT2D eigenvalue weighted by Gasteiger charge is 2.14. The van der Waals surface area contributed by atoms with Gasteiger partial charge in [-0.25, -0.2) is 14.8 Å². The van der Waals surface area contributed by atoms with Crippen molar-refractivity contribution in [3.8, 4) is 11.6 Å². The van der Waals surface area contributed by atoms with Gasteiger partial charge in [-0.05, 0) is 6.92 Å².